The van der Waals surface area contributed by atoms with Crippen LogP contribution in [0.4, 0.5) is 13.2 Å². The summed E-state index contributed by atoms with van der Waals surface area (Å²) in [4.78, 5) is -0.00956. The number of nitrogens with two attached hydrogens (primary N) is 1. The van der Waals surface area contributed by atoms with Gasteiger partial charge in [-0.1, -0.05) is 28.1 Å². The minimum Gasteiger partial charge on any atom is -0.483 e. The van der Waals surface area contributed by atoms with E-state index in [0.29, 0.717) is 4.47 Å². The van der Waals surface area contributed by atoms with Crippen molar-refractivity contribution in [3.8, 4) is 5.75 Å². The van der Waals surface area contributed by atoms with Crippen LogP contribution in [0, 0.1) is 0 Å². The fourth-order valence-electron chi connectivity index (χ4n) is 0.979. The molecule has 0 heterocycles. The topological polar surface area (TPSA) is 35.2 Å². The molecule has 0 saturated carbocycles. The van der Waals surface area contributed by atoms with Crippen molar-refractivity contribution in [2.45, 2.75) is 6.18 Å². The molecule has 0 aromatic heterocycles. The molecule has 1 aromatic rings. The maximum Gasteiger partial charge on any atom is 0.422 e. The molecule has 7 heteroatoms. The van der Waals surface area contributed by atoms with Crippen LogP contribution in [-0.2, 0) is 0 Å². The monoisotopic (exact) mass is 313 g/mol. The summed E-state index contributed by atoms with van der Waals surface area (Å²) in [5, 5.41) is 0. The summed E-state index contributed by atoms with van der Waals surface area (Å²) in [5.74, 6) is 0.0131. The molecule has 0 saturated heterocycles. The maximum atomic E-state index is 12.0. The second kappa shape index (κ2) is 5.01. The van der Waals surface area contributed by atoms with Crippen molar-refractivity contribution in [3.05, 3.63) is 28.2 Å². The van der Waals surface area contributed by atoms with E-state index >= 15 is 0 Å². The van der Waals surface area contributed by atoms with Crippen molar-refractivity contribution in [3.63, 3.8) is 0 Å². The molecule has 0 unspecified atom stereocenters. The SMILES string of the molecule is NC(=S)c1ccc(Br)cc1OCC(F)(F)F. The third-order valence-electron chi connectivity index (χ3n) is 1.60. The standard InChI is InChI=1S/C9H7BrF3NOS/c10-5-1-2-6(8(14)16)7(3-5)15-4-9(11,12)13/h1-3H,4H2,(H2,14,16). The average Bonchev–Trinajstić information content (AvgIpc) is 2.13. The summed E-state index contributed by atoms with van der Waals surface area (Å²) in [7, 11) is 0. The second-order valence-corrected chi connectivity index (χ2v) is 4.26. The first-order valence-electron chi connectivity index (χ1n) is 4.08. The van der Waals surface area contributed by atoms with Crippen LogP contribution in [0.15, 0.2) is 22.7 Å². The van der Waals surface area contributed by atoms with E-state index in [1.54, 1.807) is 6.07 Å². The van der Waals surface area contributed by atoms with E-state index in [-0.39, 0.29) is 16.3 Å². The van der Waals surface area contributed by atoms with Gasteiger partial charge in [0.2, 0.25) is 0 Å². The number of alkyl halides is 3. The quantitative estimate of drug-likeness (QED) is 0.871. The van der Waals surface area contributed by atoms with Gasteiger partial charge in [-0.25, -0.2) is 0 Å². The molecule has 0 atom stereocenters. The Morgan fingerprint density at radius 1 is 1.44 bits per heavy atom. The van der Waals surface area contributed by atoms with E-state index in [9.17, 15) is 13.2 Å². The number of halogens is 4. The molecule has 0 aliphatic carbocycles. The predicted octanol–water partition coefficient (Wildman–Crippen LogP) is 3.02. The zero-order chi connectivity index (χ0) is 12.3. The molecule has 1 rings (SSSR count). The molecule has 0 aliphatic rings. The molecule has 0 radical (unpaired) electrons. The number of hydrogen-bond acceptors (Lipinski definition) is 2. The van der Waals surface area contributed by atoms with Crippen LogP contribution in [-0.4, -0.2) is 17.8 Å². The lowest BCUT2D eigenvalue weighted by molar-refractivity contribution is -0.153. The van der Waals surface area contributed by atoms with Crippen LogP contribution >= 0.6 is 28.1 Å². The molecular weight excluding hydrogens is 307 g/mol. The van der Waals surface area contributed by atoms with E-state index in [0.717, 1.165) is 0 Å². The normalized spacial score (nSPS) is 11.2. The number of ether oxygens (including phenoxy) is 1. The van der Waals surface area contributed by atoms with Crippen molar-refractivity contribution < 1.29 is 17.9 Å². The van der Waals surface area contributed by atoms with Crippen molar-refractivity contribution in [1.29, 1.82) is 0 Å². The number of thiocarbonyl (C=S) groups is 1. The van der Waals surface area contributed by atoms with Crippen LogP contribution < -0.4 is 10.5 Å². The predicted molar refractivity (Wildman–Crippen MR) is 61.6 cm³/mol. The van der Waals surface area contributed by atoms with Gasteiger partial charge in [0.15, 0.2) is 6.61 Å². The molecule has 88 valence electrons. The summed E-state index contributed by atoms with van der Waals surface area (Å²) in [6, 6.07) is 4.51. The zero-order valence-electron chi connectivity index (χ0n) is 7.84. The van der Waals surface area contributed by atoms with E-state index in [1.165, 1.54) is 12.1 Å². The van der Waals surface area contributed by atoms with Gasteiger partial charge in [-0.05, 0) is 18.2 Å². The number of benzene rings is 1. The lowest BCUT2D eigenvalue weighted by atomic mass is 10.2. The van der Waals surface area contributed by atoms with Gasteiger partial charge in [0.25, 0.3) is 0 Å². The van der Waals surface area contributed by atoms with Gasteiger partial charge in [-0.3, -0.25) is 0 Å². The van der Waals surface area contributed by atoms with Gasteiger partial charge in [0.1, 0.15) is 10.7 Å². The third-order valence-corrected chi connectivity index (χ3v) is 2.31. The Morgan fingerprint density at radius 2 is 2.06 bits per heavy atom. The van der Waals surface area contributed by atoms with E-state index < -0.39 is 12.8 Å². The first kappa shape index (κ1) is 13.2. The molecule has 2 N–H and O–H groups in total. The fraction of sp³-hybridized carbons (Fsp3) is 0.222. The number of rotatable bonds is 3. The second-order valence-electron chi connectivity index (χ2n) is 2.91. The van der Waals surface area contributed by atoms with E-state index in [4.69, 9.17) is 18.0 Å². The van der Waals surface area contributed by atoms with Crippen LogP contribution in [0.5, 0.6) is 5.75 Å². The zero-order valence-corrected chi connectivity index (χ0v) is 10.2. The molecule has 0 amide bonds. The molecular formula is C9H7BrF3NOS. The Bertz CT molecular complexity index is 408. The first-order chi connectivity index (χ1) is 7.29. The van der Waals surface area contributed by atoms with Gasteiger partial charge >= 0.3 is 6.18 Å². The Labute approximate surface area is 104 Å². The molecule has 2 nitrogen and oxygen atoms in total. The van der Waals surface area contributed by atoms with Gasteiger partial charge in [0, 0.05) is 4.47 Å². The largest absolute Gasteiger partial charge is 0.483 e. The summed E-state index contributed by atoms with van der Waals surface area (Å²) >= 11 is 7.82. The van der Waals surface area contributed by atoms with E-state index in [2.05, 4.69) is 20.7 Å². The highest BCUT2D eigenvalue weighted by Crippen LogP contribution is 2.26. The minimum atomic E-state index is -4.39. The highest BCUT2D eigenvalue weighted by molar-refractivity contribution is 9.10. The Kier molecular flexibility index (Phi) is 4.15. The van der Waals surface area contributed by atoms with Gasteiger partial charge in [-0.15, -0.1) is 0 Å². The Balaban J connectivity index is 2.93. The van der Waals surface area contributed by atoms with Crippen molar-refractivity contribution >= 4 is 33.1 Å². The van der Waals surface area contributed by atoms with Crippen molar-refractivity contribution in [1.82, 2.24) is 0 Å². The maximum absolute atomic E-state index is 12.0. The molecule has 0 bridgehead atoms. The Morgan fingerprint density at radius 3 is 2.56 bits per heavy atom. The lowest BCUT2D eigenvalue weighted by Crippen LogP contribution is -2.21. The molecule has 0 spiro atoms. The smallest absolute Gasteiger partial charge is 0.422 e. The van der Waals surface area contributed by atoms with Crippen molar-refractivity contribution in [2.24, 2.45) is 5.73 Å². The summed E-state index contributed by atoms with van der Waals surface area (Å²) < 4.78 is 41.1. The lowest BCUT2D eigenvalue weighted by Gasteiger charge is -2.12. The van der Waals surface area contributed by atoms with Gasteiger partial charge in [0.05, 0.1) is 5.56 Å². The molecule has 0 aliphatic heterocycles. The highest BCUT2D eigenvalue weighted by atomic mass is 79.9. The highest BCUT2D eigenvalue weighted by Gasteiger charge is 2.29. The van der Waals surface area contributed by atoms with Crippen LogP contribution in [0.25, 0.3) is 0 Å². The molecule has 16 heavy (non-hydrogen) atoms. The van der Waals surface area contributed by atoms with Crippen molar-refractivity contribution in [2.75, 3.05) is 6.61 Å². The Hall–Kier alpha value is -0.820. The third kappa shape index (κ3) is 3.97. The summed E-state index contributed by atoms with van der Waals surface area (Å²) in [6.45, 7) is -1.38. The molecule has 1 aromatic carbocycles. The fourth-order valence-corrected chi connectivity index (χ4v) is 1.49. The molecule has 0 fully saturated rings. The average molecular weight is 314 g/mol. The van der Waals surface area contributed by atoms with E-state index in [1.807, 2.05) is 0 Å². The van der Waals surface area contributed by atoms with Gasteiger partial charge in [-0.2, -0.15) is 13.2 Å². The summed E-state index contributed by atoms with van der Waals surface area (Å²) in [5.41, 5.74) is 5.64. The minimum absolute atomic E-state index is 0.00956. The first-order valence-corrected chi connectivity index (χ1v) is 5.28. The van der Waals surface area contributed by atoms with Crippen LogP contribution in [0.2, 0.25) is 0 Å². The van der Waals surface area contributed by atoms with Gasteiger partial charge < -0.3 is 10.5 Å². The number of hydrogen-bond donors (Lipinski definition) is 1. The van der Waals surface area contributed by atoms with Crippen LogP contribution in [0.3, 0.4) is 0 Å². The summed E-state index contributed by atoms with van der Waals surface area (Å²) in [6.07, 6.45) is -4.39. The van der Waals surface area contributed by atoms with Crippen LogP contribution in [0.1, 0.15) is 5.56 Å².